The van der Waals surface area contributed by atoms with Gasteiger partial charge in [-0.25, -0.2) is 0 Å². The molecule has 0 radical (unpaired) electrons. The lowest BCUT2D eigenvalue weighted by Crippen LogP contribution is -2.49. The van der Waals surface area contributed by atoms with Crippen molar-refractivity contribution >= 4 is 35.7 Å². The quantitative estimate of drug-likeness (QED) is 0.795. The van der Waals surface area contributed by atoms with Crippen LogP contribution in [-0.2, 0) is 4.79 Å². The van der Waals surface area contributed by atoms with Gasteiger partial charge in [-0.05, 0) is 25.0 Å². The highest BCUT2D eigenvalue weighted by Gasteiger charge is 2.26. The van der Waals surface area contributed by atoms with Gasteiger partial charge in [-0.1, -0.05) is 0 Å². The van der Waals surface area contributed by atoms with E-state index in [0.29, 0.717) is 0 Å². The van der Waals surface area contributed by atoms with E-state index >= 15 is 0 Å². The Hall–Kier alpha value is -1.07. The largest absolute Gasteiger partial charge is 0.353 e. The van der Waals surface area contributed by atoms with Gasteiger partial charge in [-0.2, -0.15) is 5.10 Å². The highest BCUT2D eigenvalue weighted by atomic mass is 35.5. The molecule has 0 aromatic carbocycles. The Balaban J connectivity index is 0.00000180. The summed E-state index contributed by atoms with van der Waals surface area (Å²) in [5.41, 5.74) is 0. The molecule has 2 rings (SSSR count). The van der Waals surface area contributed by atoms with Crippen molar-refractivity contribution in [2.24, 2.45) is 0 Å². The molecule has 0 aliphatic carbocycles. The van der Waals surface area contributed by atoms with E-state index in [4.69, 9.17) is 11.6 Å². The summed E-state index contributed by atoms with van der Waals surface area (Å²) in [7, 11) is 1.82. The van der Waals surface area contributed by atoms with Crippen molar-refractivity contribution in [1.29, 1.82) is 0 Å². The van der Waals surface area contributed by atoms with Gasteiger partial charge >= 0.3 is 0 Å². The van der Waals surface area contributed by atoms with E-state index in [2.05, 4.69) is 15.1 Å². The molecule has 1 aliphatic heterocycles. The Morgan fingerprint density at radius 2 is 2.42 bits per heavy atom. The van der Waals surface area contributed by atoms with Crippen LogP contribution >= 0.6 is 24.0 Å². The number of anilines is 1. The van der Waals surface area contributed by atoms with E-state index in [-0.39, 0.29) is 30.2 Å². The monoisotopic (exact) mass is 304 g/mol. The van der Waals surface area contributed by atoms with Gasteiger partial charge in [0, 0.05) is 32.4 Å². The number of amides is 1. The van der Waals surface area contributed by atoms with Gasteiger partial charge in [0.1, 0.15) is 5.88 Å². The maximum atomic E-state index is 11.6. The fourth-order valence-electron chi connectivity index (χ4n) is 2.24. The zero-order valence-corrected chi connectivity index (χ0v) is 12.4. The highest BCUT2D eigenvalue weighted by molar-refractivity contribution is 6.27. The summed E-state index contributed by atoms with van der Waals surface area (Å²) in [5.74, 6) is 0.884. The van der Waals surface area contributed by atoms with Crippen molar-refractivity contribution in [2.75, 3.05) is 30.9 Å². The van der Waals surface area contributed by atoms with Crippen LogP contribution in [0.25, 0.3) is 0 Å². The topological polar surface area (TPSA) is 49.3 Å². The van der Waals surface area contributed by atoms with Crippen LogP contribution in [0, 0.1) is 0 Å². The molecule has 1 amide bonds. The van der Waals surface area contributed by atoms with E-state index in [9.17, 15) is 4.79 Å². The maximum Gasteiger partial charge on any atom is 0.237 e. The van der Waals surface area contributed by atoms with Crippen LogP contribution in [0.3, 0.4) is 0 Å². The summed E-state index contributed by atoms with van der Waals surface area (Å²) in [6.07, 6.45) is 3.71. The minimum atomic E-state index is -0.0253. The third-order valence-electron chi connectivity index (χ3n) is 3.33. The lowest BCUT2D eigenvalue weighted by Gasteiger charge is -2.37. The van der Waals surface area contributed by atoms with Gasteiger partial charge in [0.25, 0.3) is 0 Å². The van der Waals surface area contributed by atoms with Crippen LogP contribution in [0.5, 0.6) is 0 Å². The first-order chi connectivity index (χ1) is 8.72. The molecule has 5 nitrogen and oxygen atoms in total. The highest BCUT2D eigenvalue weighted by Crippen LogP contribution is 2.19. The van der Waals surface area contributed by atoms with E-state index < -0.39 is 0 Å². The standard InChI is InChI=1S/C12H17ClN4O.ClH/c1-16(12(18)8-13)10-4-3-7-17(9-10)11-5-2-6-14-15-11;/h2,5-6,10H,3-4,7-9H2,1H3;1H. The zero-order chi connectivity index (χ0) is 13.0. The SMILES string of the molecule is CN(C(=O)CCl)C1CCCN(c2cccnn2)C1.Cl. The molecular formula is C12H18Cl2N4O. The molecule has 1 aliphatic rings. The molecule has 7 heteroatoms. The van der Waals surface area contributed by atoms with Gasteiger partial charge in [-0.15, -0.1) is 29.1 Å². The molecule has 0 N–H and O–H groups in total. The normalized spacial score (nSPS) is 18.6. The molecular weight excluding hydrogens is 287 g/mol. The first-order valence-electron chi connectivity index (χ1n) is 6.06. The lowest BCUT2D eigenvalue weighted by molar-refractivity contribution is -0.129. The molecule has 0 spiro atoms. The molecule has 1 unspecified atom stereocenters. The van der Waals surface area contributed by atoms with Gasteiger partial charge in [0.15, 0.2) is 5.82 Å². The minimum Gasteiger partial charge on any atom is -0.353 e. The zero-order valence-electron chi connectivity index (χ0n) is 10.8. The van der Waals surface area contributed by atoms with Crippen LogP contribution in [0.15, 0.2) is 18.3 Å². The smallest absolute Gasteiger partial charge is 0.237 e. The number of piperidine rings is 1. The van der Waals surface area contributed by atoms with Crippen molar-refractivity contribution in [1.82, 2.24) is 15.1 Å². The Morgan fingerprint density at radius 1 is 1.63 bits per heavy atom. The number of likely N-dealkylation sites (N-methyl/N-ethyl adjacent to an activating group) is 1. The van der Waals surface area contributed by atoms with Crippen LogP contribution < -0.4 is 4.90 Å². The number of rotatable bonds is 3. The van der Waals surface area contributed by atoms with Crippen LogP contribution in [0.4, 0.5) is 5.82 Å². The van der Waals surface area contributed by atoms with Gasteiger partial charge in [0.2, 0.25) is 5.91 Å². The summed E-state index contributed by atoms with van der Waals surface area (Å²) >= 11 is 5.59. The van der Waals surface area contributed by atoms with Gasteiger partial charge < -0.3 is 9.80 Å². The Bertz CT molecular complexity index is 404. The maximum absolute atomic E-state index is 11.6. The molecule has 1 atom stereocenters. The number of hydrogen-bond acceptors (Lipinski definition) is 4. The second kappa shape index (κ2) is 7.50. The number of aromatic nitrogens is 2. The van der Waals surface area contributed by atoms with Crippen molar-refractivity contribution in [3.63, 3.8) is 0 Å². The van der Waals surface area contributed by atoms with Crippen molar-refractivity contribution < 1.29 is 4.79 Å². The summed E-state index contributed by atoms with van der Waals surface area (Å²) in [6.45, 7) is 1.75. The molecule has 106 valence electrons. The third kappa shape index (κ3) is 3.94. The Kier molecular flexibility index (Phi) is 6.31. The molecule has 0 bridgehead atoms. The number of alkyl halides is 1. The molecule has 19 heavy (non-hydrogen) atoms. The van der Waals surface area contributed by atoms with Crippen molar-refractivity contribution in [3.05, 3.63) is 18.3 Å². The van der Waals surface area contributed by atoms with Gasteiger partial charge in [-0.3, -0.25) is 4.79 Å². The lowest BCUT2D eigenvalue weighted by atomic mass is 10.0. The second-order valence-electron chi connectivity index (χ2n) is 4.46. The minimum absolute atomic E-state index is 0. The predicted molar refractivity (Wildman–Crippen MR) is 78.0 cm³/mol. The molecule has 2 heterocycles. The fraction of sp³-hybridized carbons (Fsp3) is 0.583. The first kappa shape index (κ1) is 16.0. The third-order valence-corrected chi connectivity index (χ3v) is 3.56. The second-order valence-corrected chi connectivity index (χ2v) is 4.73. The number of carbonyl (C=O) groups is 1. The number of carbonyl (C=O) groups excluding carboxylic acids is 1. The Labute approximate surface area is 124 Å². The molecule has 1 fully saturated rings. The Morgan fingerprint density at radius 3 is 3.05 bits per heavy atom. The van der Waals surface area contributed by atoms with Crippen LogP contribution in [-0.4, -0.2) is 53.1 Å². The average molecular weight is 305 g/mol. The number of nitrogens with zero attached hydrogens (tertiary/aromatic N) is 4. The summed E-state index contributed by atoms with van der Waals surface area (Å²) < 4.78 is 0. The summed E-state index contributed by atoms with van der Waals surface area (Å²) in [4.78, 5) is 15.5. The fourth-order valence-corrected chi connectivity index (χ4v) is 2.43. The number of hydrogen-bond donors (Lipinski definition) is 0. The number of halogens is 2. The van der Waals surface area contributed by atoms with E-state index in [1.54, 1.807) is 11.1 Å². The molecule has 1 aromatic rings. The van der Waals surface area contributed by atoms with E-state index in [1.165, 1.54) is 0 Å². The molecule has 1 saturated heterocycles. The van der Waals surface area contributed by atoms with E-state index in [0.717, 1.165) is 31.7 Å². The summed E-state index contributed by atoms with van der Waals surface area (Å²) in [6, 6.07) is 4.02. The summed E-state index contributed by atoms with van der Waals surface area (Å²) in [5, 5.41) is 8.00. The average Bonchev–Trinajstić information content (AvgIpc) is 2.46. The molecule has 0 saturated carbocycles. The van der Waals surface area contributed by atoms with Gasteiger partial charge in [0.05, 0.1) is 0 Å². The van der Waals surface area contributed by atoms with E-state index in [1.807, 2.05) is 19.2 Å². The van der Waals surface area contributed by atoms with Crippen molar-refractivity contribution in [3.8, 4) is 0 Å². The van der Waals surface area contributed by atoms with Crippen molar-refractivity contribution in [2.45, 2.75) is 18.9 Å². The predicted octanol–water partition coefficient (Wildman–Crippen LogP) is 1.56. The van der Waals surface area contributed by atoms with Crippen LogP contribution in [0.1, 0.15) is 12.8 Å². The first-order valence-corrected chi connectivity index (χ1v) is 6.60. The van der Waals surface area contributed by atoms with Crippen LogP contribution in [0.2, 0.25) is 0 Å². The molecule has 1 aromatic heterocycles.